The molecule has 7 aromatic rings. The van der Waals surface area contributed by atoms with Gasteiger partial charge in [0, 0.05) is 48.2 Å². The molecule has 0 radical (unpaired) electrons. The monoisotopic (exact) mass is 1830 g/mol. The lowest BCUT2D eigenvalue weighted by Gasteiger charge is -2.42. The van der Waals surface area contributed by atoms with Crippen molar-refractivity contribution in [1.29, 1.82) is 0 Å². The maximum absolute atomic E-state index is 16.9. The Bertz CT molecular complexity index is 5270. The number of carbonyl (C=O) groups excluding carboxylic acids is 8. The zero-order valence-corrected chi connectivity index (χ0v) is 71.8. The van der Waals surface area contributed by atoms with E-state index in [1.165, 1.54) is 61.6 Å². The number of phenols is 4. The van der Waals surface area contributed by atoms with Crippen LogP contribution in [0.5, 0.6) is 69.0 Å². The van der Waals surface area contributed by atoms with Gasteiger partial charge in [0.2, 0.25) is 65.6 Å². The van der Waals surface area contributed by atoms with Gasteiger partial charge in [-0.25, -0.2) is 0 Å². The van der Waals surface area contributed by atoms with Crippen molar-refractivity contribution in [2.75, 3.05) is 46.4 Å². The molecule has 692 valence electrons. The molecule has 8 heterocycles. The Hall–Kier alpha value is -11.4. The lowest BCUT2D eigenvalue weighted by molar-refractivity contribution is -0.277. The van der Waals surface area contributed by atoms with Gasteiger partial charge in [-0.1, -0.05) is 106 Å². The molecule has 2 fully saturated rings. The molecule has 15 rings (SSSR count). The van der Waals surface area contributed by atoms with Crippen LogP contribution in [0.4, 0.5) is 0 Å². The lowest BCUT2D eigenvalue weighted by atomic mass is 9.89. The predicted molar refractivity (Wildman–Crippen MR) is 460 cm³/mol. The molecule has 17 bridgehead atoms. The smallest absolute Gasteiger partial charge is 0.248 e. The fourth-order valence-corrected chi connectivity index (χ4v) is 16.5. The van der Waals surface area contributed by atoms with E-state index >= 15 is 28.8 Å². The number of phenolic OH excluding ortho intramolecular Hbond substituents is 4. The maximum Gasteiger partial charge on any atom is 0.248 e. The van der Waals surface area contributed by atoms with Crippen LogP contribution in [0.1, 0.15) is 153 Å². The molecule has 0 spiro atoms. The molecular weight excluding hydrogens is 1730 g/mol. The van der Waals surface area contributed by atoms with Gasteiger partial charge in [0.15, 0.2) is 23.0 Å². The van der Waals surface area contributed by atoms with E-state index in [4.69, 9.17) is 62.1 Å². The predicted octanol–water partition coefficient (Wildman–Crippen LogP) is 3.45. The minimum Gasteiger partial charge on any atom is -0.508 e. The van der Waals surface area contributed by atoms with Crippen LogP contribution < -0.4 is 82.6 Å². The number of nitrogens with one attached hydrogen (secondary N) is 10. The molecule has 2 saturated heterocycles. The number of likely N-dealkylation sites (N-methyl/N-ethyl adjacent to an activating group) is 1. The average Bonchev–Trinajstić information content (AvgIpc) is 0.756. The van der Waals surface area contributed by atoms with Gasteiger partial charge in [-0.15, -0.1) is 0 Å². The summed E-state index contributed by atoms with van der Waals surface area (Å²) in [5.74, 6) is -14.9. The fraction of sp³-hybridized carbons (Fsp3) is 0.438. The summed E-state index contributed by atoms with van der Waals surface area (Å²) in [5, 5.41) is 165. The number of ether oxygens (including phenoxy) is 7. The lowest BCUT2D eigenvalue weighted by Crippen LogP contribution is -2.65. The molecule has 0 saturated carbocycles. The third-order valence-corrected chi connectivity index (χ3v) is 23.8. The van der Waals surface area contributed by atoms with Crippen molar-refractivity contribution in [3.8, 4) is 80.1 Å². The van der Waals surface area contributed by atoms with Crippen LogP contribution in [-0.4, -0.2) is 228 Å². The van der Waals surface area contributed by atoms with E-state index in [2.05, 4.69) is 67.0 Å². The van der Waals surface area contributed by atoms with Crippen molar-refractivity contribution >= 4 is 70.5 Å². The molecule has 8 aliphatic rings. The zero-order valence-electron chi connectivity index (χ0n) is 70.3. The first-order valence-corrected chi connectivity index (χ1v) is 43.2. The highest BCUT2D eigenvalue weighted by atomic mass is 35.5. The SMILES string of the molecule is CN[C@@H]1C(=O)N[C@@H]2Cc3ccc(cc3)Oc3cc4cc(c3O[C@@H]3O[C@H](CO)[C@@H](O)[C@H](O)[C@H]3NC(=O)CCCCCCCCC(C)C)Oc3ccc(cc3Cl)[C@@H](O)[C@@H]3NC(=O)[C@H](NC(=O)[C@@H]4NC(=O)[C@@H](NC2=O)c2cc(cc(O)c2Cl)Oc2cc1ccc2O)c1ccc(O)c(c1)-c1c(O[C@H]2O[C@H](CO)[C@@H](O)[C@H](O)[C@@H]2O)cc(O)cc1[C@@H](C(=O)NCCCNCCCN)NC3=O. The van der Waals surface area contributed by atoms with E-state index in [-0.39, 0.29) is 59.9 Å². The molecule has 18 atom stereocenters. The number of amides is 8. The summed E-state index contributed by atoms with van der Waals surface area (Å²) in [4.78, 5) is 125. The van der Waals surface area contributed by atoms with Crippen LogP contribution in [-0.2, 0) is 54.3 Å². The van der Waals surface area contributed by atoms with Crippen LogP contribution in [0.3, 0.4) is 0 Å². The number of hydrogen-bond acceptors (Lipinski definition) is 30. The number of unbranched alkanes of at least 4 members (excludes halogenated alkanes) is 5. The second-order valence-electron chi connectivity index (χ2n) is 32.8. The summed E-state index contributed by atoms with van der Waals surface area (Å²) in [5.41, 5.74) is 3.22. The molecule has 8 amide bonds. The van der Waals surface area contributed by atoms with Gasteiger partial charge in [0.1, 0.15) is 137 Å². The Morgan fingerprint density at radius 2 is 1.16 bits per heavy atom. The van der Waals surface area contributed by atoms with Gasteiger partial charge in [-0.2, -0.15) is 0 Å². The summed E-state index contributed by atoms with van der Waals surface area (Å²) in [6, 6.07) is 6.50. The molecule has 129 heavy (non-hydrogen) atoms. The van der Waals surface area contributed by atoms with E-state index in [0.717, 1.165) is 92.8 Å². The minimum absolute atomic E-state index is 0.0784. The van der Waals surface area contributed by atoms with Gasteiger partial charge < -0.3 is 153 Å². The van der Waals surface area contributed by atoms with Crippen molar-refractivity contribution in [3.63, 3.8) is 0 Å². The van der Waals surface area contributed by atoms with Gasteiger partial charge in [-0.3, -0.25) is 38.4 Å². The Labute approximate surface area is 749 Å². The Kier molecular flexibility index (Phi) is 31.3. The molecule has 8 aliphatic heterocycles. The number of benzene rings is 7. The molecule has 24 N–H and O–H groups in total. The second-order valence-corrected chi connectivity index (χ2v) is 33.5. The maximum atomic E-state index is 16.9. The molecule has 0 aromatic heterocycles. The van der Waals surface area contributed by atoms with Gasteiger partial charge >= 0.3 is 0 Å². The molecule has 0 unspecified atom stereocenters. The number of hydrogen-bond donors (Lipinski definition) is 23. The fourth-order valence-electron chi connectivity index (χ4n) is 16.1. The number of nitrogens with two attached hydrogens (primary N) is 1. The first kappa shape index (κ1) is 95.2. The van der Waals surface area contributed by atoms with E-state index < -0.39 is 260 Å². The topological polar surface area (TPSA) is 590 Å². The van der Waals surface area contributed by atoms with Crippen molar-refractivity contribution in [1.82, 2.24) is 53.2 Å². The van der Waals surface area contributed by atoms with Crippen LogP contribution in [0, 0.1) is 5.92 Å². The number of fused-ring (bicyclic) bond motifs is 14. The van der Waals surface area contributed by atoms with Gasteiger partial charge in [-0.05, 0) is 158 Å². The van der Waals surface area contributed by atoms with Crippen molar-refractivity contribution in [2.24, 2.45) is 11.7 Å². The molecule has 40 heteroatoms. The van der Waals surface area contributed by atoms with Crippen LogP contribution in [0.15, 0.2) is 115 Å². The van der Waals surface area contributed by atoms with Crippen molar-refractivity contribution in [2.45, 2.75) is 194 Å². The van der Waals surface area contributed by atoms with Gasteiger partial charge in [0.05, 0.1) is 23.3 Å². The summed E-state index contributed by atoms with van der Waals surface area (Å²) in [7, 11) is 1.44. The molecule has 38 nitrogen and oxygen atoms in total. The quantitative estimate of drug-likeness (QED) is 0.0364. The normalized spacial score (nSPS) is 25.7. The van der Waals surface area contributed by atoms with Crippen LogP contribution >= 0.6 is 23.2 Å². The number of aliphatic hydroxyl groups is 8. The average molecular weight is 1830 g/mol. The highest BCUT2D eigenvalue weighted by Gasteiger charge is 2.50. The summed E-state index contributed by atoms with van der Waals surface area (Å²) in [6.45, 7) is 3.50. The Morgan fingerprint density at radius 3 is 1.87 bits per heavy atom. The van der Waals surface area contributed by atoms with E-state index in [0.29, 0.717) is 50.4 Å². The number of carbonyl (C=O) groups is 8. The number of halogens is 2. The highest BCUT2D eigenvalue weighted by Crippen LogP contribution is 2.51. The molecule has 0 aliphatic carbocycles. The standard InChI is InChI=1S/C89H105Cl2N11O27/c1-40(2)12-8-6-4-5-7-9-13-64(109)97-73-77(113)75(111)62(38-103)127-88(73)129-80-60-32-45-33-61(80)125-57-23-18-44(30-52(57)90)74(110)72-87(122)101-70(82(117)95-27-11-26-94-25-10-24-92)50-34-46(105)35-59(126-89-79(115)78(114)76(112)63(39-104)128-89)65(50)49-29-42(16-21-54(49)106)68(84(119)102-72)98-85(120)69(45)99-86(121)71-51-36-48(37-56(108)66(51)91)124-58-31-43(17-22-55(58)107)67(93-3)83(118)96-53(81(116)100-71)28-41-14-19-47(123-60)20-15-41/h14-23,29-37,40,53,62-63,67-79,88-89,93-94,103-108,110-115H,4-13,24-28,38-39,92H2,1-3H3,(H,95,117)(H,96,118)(H,97,109)(H,98,120)(H,99,121)(H,100,116)(H,101,122)(H,102,119)/t53-,62-,63-,67+,68-,69-,70+,71+,72+,73-,74-,75-,76-,77-,78+,79+,88+,89+/m1/s1. The number of aromatic hydroxyl groups is 4. The Morgan fingerprint density at radius 1 is 0.535 bits per heavy atom. The Balaban J connectivity index is 1.03. The van der Waals surface area contributed by atoms with Crippen molar-refractivity contribution in [3.05, 3.63) is 164 Å². The van der Waals surface area contributed by atoms with E-state index in [1.54, 1.807) is 0 Å². The highest BCUT2D eigenvalue weighted by molar-refractivity contribution is 6.33. The summed E-state index contributed by atoms with van der Waals surface area (Å²) >= 11 is 14.4. The first-order valence-electron chi connectivity index (χ1n) is 42.4. The largest absolute Gasteiger partial charge is 0.508 e. The van der Waals surface area contributed by atoms with E-state index in [1.807, 2.05) is 0 Å². The minimum atomic E-state index is -2.41. The zero-order chi connectivity index (χ0) is 92.3. The van der Waals surface area contributed by atoms with E-state index in [9.17, 15) is 70.9 Å². The molecule has 7 aromatic carbocycles. The summed E-state index contributed by atoms with van der Waals surface area (Å²) < 4.78 is 45.0. The van der Waals surface area contributed by atoms with Crippen LogP contribution in [0.2, 0.25) is 10.0 Å². The first-order chi connectivity index (χ1) is 61.8. The number of aliphatic hydroxyl groups excluding tert-OH is 8. The van der Waals surface area contributed by atoms with Crippen LogP contribution in [0.25, 0.3) is 11.1 Å². The van der Waals surface area contributed by atoms with Crippen molar-refractivity contribution < 1.29 is 133 Å². The molecular formula is C89H105Cl2N11O27. The number of rotatable bonds is 25. The third-order valence-electron chi connectivity index (χ3n) is 23.1. The third kappa shape index (κ3) is 22.0. The second kappa shape index (κ2) is 42.4. The van der Waals surface area contributed by atoms with Gasteiger partial charge in [0.25, 0.3) is 0 Å². The summed E-state index contributed by atoms with van der Waals surface area (Å²) in [6.07, 6.45) is -13.4.